The summed E-state index contributed by atoms with van der Waals surface area (Å²) in [5, 5.41) is 0.589. The summed E-state index contributed by atoms with van der Waals surface area (Å²) in [6.07, 6.45) is 0. The average molecular weight is 450 g/mol. The number of anilines is 1. The van der Waals surface area contributed by atoms with Gasteiger partial charge in [-0.25, -0.2) is 8.42 Å². The Hall–Kier alpha value is -0.170. The minimum Gasteiger partial charge on any atom is -0.279 e. The SMILES string of the molecule is O=S(=O)(Nc1cc(Cl)cc(Cl)c1)c1c(Cl)cc(Br)cc1Cl. The zero-order valence-corrected chi connectivity index (χ0v) is 15.4. The zero-order chi connectivity index (χ0) is 15.8. The number of sulfonamides is 1. The minimum atomic E-state index is -3.98. The summed E-state index contributed by atoms with van der Waals surface area (Å²) < 4.78 is 27.7. The Morgan fingerprint density at radius 2 is 1.33 bits per heavy atom. The lowest BCUT2D eigenvalue weighted by atomic mass is 10.3. The number of hydrogen-bond acceptors (Lipinski definition) is 2. The van der Waals surface area contributed by atoms with E-state index in [9.17, 15) is 8.42 Å². The molecule has 2 aromatic rings. The van der Waals surface area contributed by atoms with Gasteiger partial charge in [0.2, 0.25) is 0 Å². The number of hydrogen-bond donors (Lipinski definition) is 1. The Kier molecular flexibility index (Phi) is 5.34. The predicted molar refractivity (Wildman–Crippen MR) is 91.4 cm³/mol. The molecule has 0 aromatic heterocycles. The molecule has 0 radical (unpaired) electrons. The van der Waals surface area contributed by atoms with E-state index < -0.39 is 10.0 Å². The standard InChI is InChI=1S/C12H6BrCl4NO2S/c13-6-1-10(16)12(11(17)2-6)21(19,20)18-9-4-7(14)3-8(15)5-9/h1-5,18H. The van der Waals surface area contributed by atoms with E-state index in [0.29, 0.717) is 14.5 Å². The molecule has 0 aliphatic heterocycles. The van der Waals surface area contributed by atoms with Gasteiger partial charge in [0.1, 0.15) is 4.90 Å². The monoisotopic (exact) mass is 447 g/mol. The summed E-state index contributed by atoms with van der Waals surface area (Å²) in [5.41, 5.74) is 0.211. The Bertz CT molecular complexity index is 768. The van der Waals surface area contributed by atoms with E-state index in [1.807, 2.05) is 0 Å². The van der Waals surface area contributed by atoms with E-state index in [4.69, 9.17) is 46.4 Å². The summed E-state index contributed by atoms with van der Waals surface area (Å²) in [4.78, 5) is -0.217. The first-order chi connectivity index (χ1) is 9.69. The van der Waals surface area contributed by atoms with Gasteiger partial charge in [-0.05, 0) is 30.3 Å². The summed E-state index contributed by atoms with van der Waals surface area (Å²) in [6, 6.07) is 7.21. The average Bonchev–Trinajstić information content (AvgIpc) is 2.23. The van der Waals surface area contributed by atoms with Gasteiger partial charge in [-0.2, -0.15) is 0 Å². The van der Waals surface area contributed by atoms with Crippen molar-refractivity contribution >= 4 is 78.0 Å². The van der Waals surface area contributed by atoms with Crippen LogP contribution in [0.25, 0.3) is 0 Å². The maximum absolute atomic E-state index is 12.4. The summed E-state index contributed by atoms with van der Waals surface area (Å²) in [6.45, 7) is 0. The van der Waals surface area contributed by atoms with Crippen LogP contribution in [0.15, 0.2) is 39.7 Å². The van der Waals surface area contributed by atoms with Crippen molar-refractivity contribution in [1.29, 1.82) is 0 Å². The Morgan fingerprint density at radius 1 is 0.857 bits per heavy atom. The lowest BCUT2D eigenvalue weighted by Gasteiger charge is -2.12. The van der Waals surface area contributed by atoms with Crippen molar-refractivity contribution < 1.29 is 8.42 Å². The van der Waals surface area contributed by atoms with Crippen molar-refractivity contribution in [1.82, 2.24) is 0 Å². The van der Waals surface area contributed by atoms with Crippen molar-refractivity contribution in [2.24, 2.45) is 0 Å². The molecule has 0 bridgehead atoms. The molecular weight excluding hydrogens is 444 g/mol. The third-order valence-electron chi connectivity index (χ3n) is 2.35. The maximum atomic E-state index is 12.4. The fraction of sp³-hybridized carbons (Fsp3) is 0. The second kappa shape index (κ2) is 6.52. The number of rotatable bonds is 3. The fourth-order valence-corrected chi connectivity index (χ4v) is 5.11. The van der Waals surface area contributed by atoms with Crippen LogP contribution >= 0.6 is 62.3 Å². The van der Waals surface area contributed by atoms with Crippen molar-refractivity contribution in [3.8, 4) is 0 Å². The van der Waals surface area contributed by atoms with E-state index >= 15 is 0 Å². The third-order valence-corrected chi connectivity index (χ3v) is 5.54. The molecule has 2 aromatic carbocycles. The molecule has 9 heteroatoms. The summed E-state index contributed by atoms with van der Waals surface area (Å²) >= 11 is 26.8. The zero-order valence-electron chi connectivity index (χ0n) is 10.0. The van der Waals surface area contributed by atoms with Crippen LogP contribution in [0.3, 0.4) is 0 Å². The molecule has 0 atom stereocenters. The molecule has 112 valence electrons. The smallest absolute Gasteiger partial charge is 0.264 e. The highest BCUT2D eigenvalue weighted by Gasteiger charge is 2.22. The van der Waals surface area contributed by atoms with Crippen molar-refractivity contribution in [2.75, 3.05) is 4.72 Å². The molecule has 0 heterocycles. The molecule has 0 spiro atoms. The van der Waals surface area contributed by atoms with Gasteiger partial charge in [0.15, 0.2) is 0 Å². The number of benzene rings is 2. The topological polar surface area (TPSA) is 46.2 Å². The molecule has 21 heavy (non-hydrogen) atoms. The first kappa shape index (κ1) is 17.2. The van der Waals surface area contributed by atoms with Gasteiger partial charge in [-0.1, -0.05) is 62.3 Å². The second-order valence-electron chi connectivity index (χ2n) is 3.96. The van der Waals surface area contributed by atoms with Crippen LogP contribution in [0.1, 0.15) is 0 Å². The highest BCUT2D eigenvalue weighted by atomic mass is 79.9. The normalized spacial score (nSPS) is 11.5. The quantitative estimate of drug-likeness (QED) is 0.637. The minimum absolute atomic E-state index is 0.00463. The molecule has 0 saturated carbocycles. The van der Waals surface area contributed by atoms with Crippen molar-refractivity contribution in [2.45, 2.75) is 4.90 Å². The van der Waals surface area contributed by atoms with Crippen LogP contribution in [0.4, 0.5) is 5.69 Å². The van der Waals surface area contributed by atoms with E-state index in [2.05, 4.69) is 20.7 Å². The van der Waals surface area contributed by atoms with E-state index in [1.165, 1.54) is 30.3 Å². The first-order valence-electron chi connectivity index (χ1n) is 5.32. The van der Waals surface area contributed by atoms with Gasteiger partial charge >= 0.3 is 0 Å². The van der Waals surface area contributed by atoms with Crippen LogP contribution in [0, 0.1) is 0 Å². The van der Waals surface area contributed by atoms with Crippen molar-refractivity contribution in [3.63, 3.8) is 0 Å². The molecule has 0 amide bonds. The van der Waals surface area contributed by atoms with E-state index in [-0.39, 0.29) is 20.6 Å². The number of halogens is 5. The molecule has 0 unspecified atom stereocenters. The third kappa shape index (κ3) is 4.18. The summed E-state index contributed by atoms with van der Waals surface area (Å²) in [5.74, 6) is 0. The molecule has 2 rings (SSSR count). The van der Waals surface area contributed by atoms with Gasteiger partial charge in [0.25, 0.3) is 10.0 Å². The highest BCUT2D eigenvalue weighted by molar-refractivity contribution is 9.10. The van der Waals surface area contributed by atoms with Gasteiger partial charge in [0.05, 0.1) is 15.7 Å². The lowest BCUT2D eigenvalue weighted by molar-refractivity contribution is 0.601. The van der Waals surface area contributed by atoms with Gasteiger partial charge in [0, 0.05) is 14.5 Å². The summed E-state index contributed by atoms with van der Waals surface area (Å²) in [7, 11) is -3.98. The fourth-order valence-electron chi connectivity index (χ4n) is 1.60. The van der Waals surface area contributed by atoms with Crippen LogP contribution in [-0.2, 0) is 10.0 Å². The number of nitrogens with one attached hydrogen (secondary N) is 1. The van der Waals surface area contributed by atoms with Crippen molar-refractivity contribution in [3.05, 3.63) is 54.9 Å². The lowest BCUT2D eigenvalue weighted by Crippen LogP contribution is -2.14. The highest BCUT2D eigenvalue weighted by Crippen LogP contribution is 2.34. The van der Waals surface area contributed by atoms with E-state index in [1.54, 1.807) is 0 Å². The van der Waals surface area contributed by atoms with E-state index in [0.717, 1.165) is 0 Å². The Labute approximate surface area is 150 Å². The molecule has 0 saturated heterocycles. The molecular formula is C12H6BrCl4NO2S. The Morgan fingerprint density at radius 3 is 1.81 bits per heavy atom. The maximum Gasteiger partial charge on any atom is 0.264 e. The molecule has 1 N–H and O–H groups in total. The first-order valence-corrected chi connectivity index (χ1v) is 9.11. The van der Waals surface area contributed by atoms with Gasteiger partial charge in [-0.3, -0.25) is 4.72 Å². The molecule has 0 aliphatic rings. The Balaban J connectivity index is 2.48. The predicted octanol–water partition coefficient (Wildman–Crippen LogP) is 5.86. The van der Waals surface area contributed by atoms with Gasteiger partial charge < -0.3 is 0 Å². The van der Waals surface area contributed by atoms with Gasteiger partial charge in [-0.15, -0.1) is 0 Å². The van der Waals surface area contributed by atoms with Crippen LogP contribution < -0.4 is 4.72 Å². The second-order valence-corrected chi connectivity index (χ2v) is 8.18. The van der Waals surface area contributed by atoms with Crippen LogP contribution in [-0.4, -0.2) is 8.42 Å². The van der Waals surface area contributed by atoms with Crippen LogP contribution in [0.2, 0.25) is 20.1 Å². The molecule has 0 fully saturated rings. The molecule has 0 aliphatic carbocycles. The molecule has 3 nitrogen and oxygen atoms in total. The largest absolute Gasteiger partial charge is 0.279 e. The van der Waals surface area contributed by atoms with Crippen LogP contribution in [0.5, 0.6) is 0 Å².